The van der Waals surface area contributed by atoms with Crippen molar-refractivity contribution in [2.45, 2.75) is 57.0 Å². The summed E-state index contributed by atoms with van der Waals surface area (Å²) in [4.78, 5) is 43.9. The van der Waals surface area contributed by atoms with Crippen molar-refractivity contribution in [3.8, 4) is 33.6 Å². The van der Waals surface area contributed by atoms with Gasteiger partial charge in [0.25, 0.3) is 0 Å². The Balaban J connectivity index is 1.07. The molecule has 5 heterocycles. The Bertz CT molecular complexity index is 1700. The first kappa shape index (κ1) is 31.1. The van der Waals surface area contributed by atoms with Gasteiger partial charge in [0.1, 0.15) is 17.7 Å². The lowest BCUT2D eigenvalue weighted by atomic mass is 10.0. The van der Waals surface area contributed by atoms with Crippen LogP contribution in [0.4, 0.5) is 4.79 Å². The topological polar surface area (TPSA) is 146 Å². The number of H-pyrrole nitrogens is 2. The average Bonchev–Trinajstić information content (AvgIpc) is 3.94. The molecule has 4 N–H and O–H groups in total. The maximum Gasteiger partial charge on any atom is 0.407 e. The Labute approximate surface area is 273 Å². The van der Waals surface area contributed by atoms with Gasteiger partial charge in [0.2, 0.25) is 5.91 Å². The number of hydrogen-bond acceptors (Lipinski definition) is 8. The fourth-order valence-electron chi connectivity index (χ4n) is 6.81. The molecule has 3 fully saturated rings. The van der Waals surface area contributed by atoms with Crippen molar-refractivity contribution < 1.29 is 23.8 Å². The van der Waals surface area contributed by atoms with E-state index in [0.29, 0.717) is 31.5 Å². The molecule has 0 radical (unpaired) electrons. The van der Waals surface area contributed by atoms with Crippen LogP contribution in [0.15, 0.2) is 60.9 Å². The molecule has 7 rings (SSSR count). The van der Waals surface area contributed by atoms with Gasteiger partial charge in [0.05, 0.1) is 62.7 Å². The molecular formula is C35H41N7O5. The quantitative estimate of drug-likeness (QED) is 0.212. The van der Waals surface area contributed by atoms with E-state index in [1.165, 1.54) is 13.5 Å². The zero-order valence-corrected chi connectivity index (χ0v) is 26.9. The lowest BCUT2D eigenvalue weighted by Crippen LogP contribution is -2.52. The Morgan fingerprint density at radius 3 is 2.04 bits per heavy atom. The molecular weight excluding hydrogens is 598 g/mol. The summed E-state index contributed by atoms with van der Waals surface area (Å²) >= 11 is 0. The number of hydrogen-bond donors (Lipinski definition) is 4. The second-order valence-electron chi connectivity index (χ2n) is 12.8. The molecule has 1 spiro atoms. The fourth-order valence-corrected chi connectivity index (χ4v) is 6.81. The number of carbonyl (C=O) groups excluding carboxylic acids is 2. The number of ether oxygens (including phenoxy) is 3. The van der Waals surface area contributed by atoms with Gasteiger partial charge in [-0.25, -0.2) is 14.8 Å². The van der Waals surface area contributed by atoms with Gasteiger partial charge in [0.15, 0.2) is 5.79 Å². The van der Waals surface area contributed by atoms with Crippen LogP contribution in [0.5, 0.6) is 0 Å². The Hall–Kier alpha value is -4.52. The molecule has 2 aromatic heterocycles. The maximum absolute atomic E-state index is 13.9. The highest BCUT2D eigenvalue weighted by Crippen LogP contribution is 2.42. The number of aromatic amines is 2. The Morgan fingerprint density at radius 2 is 1.49 bits per heavy atom. The van der Waals surface area contributed by atoms with Crippen molar-refractivity contribution in [2.24, 2.45) is 5.92 Å². The van der Waals surface area contributed by atoms with Crippen molar-refractivity contribution >= 4 is 12.0 Å². The van der Waals surface area contributed by atoms with Gasteiger partial charge in [-0.1, -0.05) is 62.4 Å². The van der Waals surface area contributed by atoms with E-state index in [1.807, 2.05) is 20.0 Å². The van der Waals surface area contributed by atoms with Crippen LogP contribution in [0.1, 0.15) is 56.8 Å². The highest BCUT2D eigenvalue weighted by molar-refractivity contribution is 5.86. The number of aromatic nitrogens is 4. The van der Waals surface area contributed by atoms with Crippen LogP contribution in [0.25, 0.3) is 33.6 Å². The third kappa shape index (κ3) is 6.28. The molecule has 3 atom stereocenters. The molecule has 47 heavy (non-hydrogen) atoms. The number of carbonyl (C=O) groups is 2. The third-order valence-electron chi connectivity index (χ3n) is 9.40. The first-order valence-corrected chi connectivity index (χ1v) is 16.3. The first-order valence-electron chi connectivity index (χ1n) is 16.3. The monoisotopic (exact) mass is 639 g/mol. The second kappa shape index (κ2) is 12.9. The number of rotatable bonds is 8. The first-order chi connectivity index (χ1) is 22.8. The molecule has 12 heteroatoms. The minimum absolute atomic E-state index is 0.163. The number of amides is 2. The normalized spacial score (nSPS) is 21.1. The van der Waals surface area contributed by atoms with Gasteiger partial charge in [0, 0.05) is 6.42 Å². The van der Waals surface area contributed by atoms with Gasteiger partial charge < -0.3 is 39.7 Å². The van der Waals surface area contributed by atoms with Crippen LogP contribution < -0.4 is 10.6 Å². The number of imidazole rings is 2. The molecule has 0 saturated carbocycles. The average molecular weight is 640 g/mol. The molecule has 4 aromatic rings. The zero-order chi connectivity index (χ0) is 32.5. The van der Waals surface area contributed by atoms with E-state index < -0.39 is 24.0 Å². The van der Waals surface area contributed by atoms with Crippen molar-refractivity contribution in [3.05, 3.63) is 72.6 Å². The van der Waals surface area contributed by atoms with Crippen molar-refractivity contribution in [1.29, 1.82) is 0 Å². The van der Waals surface area contributed by atoms with Crippen molar-refractivity contribution in [2.75, 3.05) is 33.4 Å². The smallest absolute Gasteiger partial charge is 0.407 e. The van der Waals surface area contributed by atoms with E-state index in [0.717, 1.165) is 52.4 Å². The van der Waals surface area contributed by atoms with E-state index in [-0.39, 0.29) is 18.4 Å². The summed E-state index contributed by atoms with van der Waals surface area (Å²) in [6.45, 7) is 5.97. The summed E-state index contributed by atoms with van der Waals surface area (Å²) in [5.41, 5.74) is 6.14. The molecule has 0 bridgehead atoms. The predicted molar refractivity (Wildman–Crippen MR) is 175 cm³/mol. The van der Waals surface area contributed by atoms with Crippen LogP contribution in [-0.2, 0) is 19.0 Å². The maximum atomic E-state index is 13.9. The van der Waals surface area contributed by atoms with Crippen LogP contribution in [0.3, 0.4) is 0 Å². The highest BCUT2D eigenvalue weighted by Gasteiger charge is 2.52. The number of benzene rings is 2. The minimum Gasteiger partial charge on any atom is -0.453 e. The molecule has 0 aliphatic carbocycles. The van der Waals surface area contributed by atoms with Gasteiger partial charge in [-0.15, -0.1) is 0 Å². The molecule has 246 valence electrons. The number of likely N-dealkylation sites (tertiary alicyclic amines) is 1. The molecule has 3 unspecified atom stereocenters. The fraction of sp³-hybridized carbons (Fsp3) is 0.429. The van der Waals surface area contributed by atoms with E-state index in [2.05, 4.69) is 74.1 Å². The van der Waals surface area contributed by atoms with Crippen molar-refractivity contribution in [1.82, 2.24) is 35.5 Å². The van der Waals surface area contributed by atoms with E-state index in [4.69, 9.17) is 19.2 Å². The van der Waals surface area contributed by atoms with Gasteiger partial charge >= 0.3 is 6.09 Å². The highest BCUT2D eigenvalue weighted by atomic mass is 16.7. The number of alkyl carbamates (subject to hydrolysis) is 1. The van der Waals surface area contributed by atoms with Gasteiger partial charge in [-0.3, -0.25) is 4.79 Å². The lowest BCUT2D eigenvalue weighted by Gasteiger charge is -2.30. The van der Waals surface area contributed by atoms with Crippen LogP contribution in [0, 0.1) is 5.92 Å². The number of methoxy groups -OCH3 is 1. The molecule has 2 aromatic carbocycles. The molecule has 12 nitrogen and oxygen atoms in total. The summed E-state index contributed by atoms with van der Waals surface area (Å²) < 4.78 is 16.8. The zero-order valence-electron chi connectivity index (χ0n) is 26.9. The summed E-state index contributed by atoms with van der Waals surface area (Å²) in [7, 11) is 1.28. The van der Waals surface area contributed by atoms with Gasteiger partial charge in [-0.2, -0.15) is 0 Å². The number of nitrogens with zero attached hydrogens (tertiary/aromatic N) is 3. The van der Waals surface area contributed by atoms with Gasteiger partial charge in [-0.05, 0) is 47.6 Å². The summed E-state index contributed by atoms with van der Waals surface area (Å²) in [6, 6.07) is 15.9. The SMILES string of the molecule is COC(=O)NC(C(=O)N1CC2(CC1c1ncc(-c3ccc(-c4ccc(-c5cnc(C6CCCN6)[nH]5)cc4)cc3)[nH]1)OCCO2)C(C)C. The Morgan fingerprint density at radius 1 is 0.915 bits per heavy atom. The minimum atomic E-state index is -0.899. The second-order valence-corrected chi connectivity index (χ2v) is 12.8. The van der Waals surface area contributed by atoms with Crippen LogP contribution in [-0.4, -0.2) is 82.1 Å². The molecule has 3 aliphatic rings. The lowest BCUT2D eigenvalue weighted by molar-refractivity contribution is -0.153. The Kier molecular flexibility index (Phi) is 8.56. The predicted octanol–water partition coefficient (Wildman–Crippen LogP) is 4.96. The largest absolute Gasteiger partial charge is 0.453 e. The number of nitrogens with one attached hydrogen (secondary N) is 4. The summed E-state index contributed by atoms with van der Waals surface area (Å²) in [6.07, 6.45) is 5.77. The van der Waals surface area contributed by atoms with Crippen LogP contribution in [0.2, 0.25) is 0 Å². The standard InChI is InChI=1S/C35H41N7O5/c1-21(2)30(41-34(44)45-3)33(43)42-20-35(46-15-16-47-35)17-29(42)32-38-19-28(40-32)25-12-8-23(9-13-25)22-6-10-24(11-7-22)27-18-37-31(39-27)26-5-4-14-36-26/h6-13,18-19,21,26,29-30,36H,4-5,14-17,20H2,1-3H3,(H,37,39)(H,38,40)(H,41,44). The molecule has 3 aliphatic heterocycles. The van der Waals surface area contributed by atoms with Crippen LogP contribution >= 0.6 is 0 Å². The molecule has 3 saturated heterocycles. The van der Waals surface area contributed by atoms with E-state index >= 15 is 0 Å². The molecule has 2 amide bonds. The van der Waals surface area contributed by atoms with E-state index in [1.54, 1.807) is 11.1 Å². The summed E-state index contributed by atoms with van der Waals surface area (Å²) in [5, 5.41) is 6.18. The van der Waals surface area contributed by atoms with Crippen molar-refractivity contribution in [3.63, 3.8) is 0 Å². The summed E-state index contributed by atoms with van der Waals surface area (Å²) in [5.74, 6) is 0.336. The third-order valence-corrected chi connectivity index (χ3v) is 9.40. The van der Waals surface area contributed by atoms with E-state index in [9.17, 15) is 9.59 Å².